The van der Waals surface area contributed by atoms with E-state index in [1.165, 1.54) is 0 Å². The van der Waals surface area contributed by atoms with Crippen molar-refractivity contribution in [3.05, 3.63) is 56.5 Å². The Morgan fingerprint density at radius 1 is 1.11 bits per heavy atom. The Kier molecular flexibility index (Phi) is 4.43. The van der Waals surface area contributed by atoms with E-state index in [9.17, 15) is 0 Å². The molecule has 0 unspecified atom stereocenters. The maximum Gasteiger partial charge on any atom is 0.141 e. The van der Waals surface area contributed by atoms with Crippen LogP contribution in [-0.2, 0) is 6.54 Å². The van der Waals surface area contributed by atoms with Crippen molar-refractivity contribution in [1.82, 2.24) is 0 Å². The molecule has 4 heteroatoms. The van der Waals surface area contributed by atoms with Crippen molar-refractivity contribution in [3.8, 4) is 11.5 Å². The number of nitrogens with two attached hydrogens (primary N) is 1. The van der Waals surface area contributed by atoms with Gasteiger partial charge >= 0.3 is 0 Å². The van der Waals surface area contributed by atoms with Gasteiger partial charge in [0.2, 0.25) is 0 Å². The Labute approximate surface area is 123 Å². The fourth-order valence-corrected chi connectivity index (χ4v) is 2.77. The summed E-state index contributed by atoms with van der Waals surface area (Å²) >= 11 is 6.89. The van der Waals surface area contributed by atoms with Crippen LogP contribution in [0.4, 0.5) is 0 Å². The summed E-state index contributed by atoms with van der Waals surface area (Å²) in [5.74, 6) is 1.60. The minimum absolute atomic E-state index is 0.550. The fraction of sp³-hybridized carbons (Fsp3) is 0.143. The third-order valence-electron chi connectivity index (χ3n) is 2.66. The van der Waals surface area contributed by atoms with Crippen molar-refractivity contribution in [2.45, 2.75) is 13.5 Å². The van der Waals surface area contributed by atoms with Gasteiger partial charge in [0.05, 0.1) is 4.47 Å². The molecule has 0 aliphatic rings. The molecule has 2 nitrogen and oxygen atoms in total. The third kappa shape index (κ3) is 3.13. The molecule has 0 bridgehead atoms. The van der Waals surface area contributed by atoms with Gasteiger partial charge in [-0.15, -0.1) is 0 Å². The largest absolute Gasteiger partial charge is 0.456 e. The van der Waals surface area contributed by atoms with Crippen LogP contribution in [0.15, 0.2) is 45.3 Å². The molecule has 0 saturated carbocycles. The highest BCUT2D eigenvalue weighted by Crippen LogP contribution is 2.32. The van der Waals surface area contributed by atoms with Crippen LogP contribution in [-0.4, -0.2) is 0 Å². The second-order valence-electron chi connectivity index (χ2n) is 3.97. The van der Waals surface area contributed by atoms with E-state index in [1.807, 2.05) is 43.3 Å². The average molecular weight is 371 g/mol. The van der Waals surface area contributed by atoms with Crippen molar-refractivity contribution in [3.63, 3.8) is 0 Å². The van der Waals surface area contributed by atoms with E-state index < -0.39 is 0 Å². The number of ether oxygens (including phenoxy) is 1. The third-order valence-corrected chi connectivity index (χ3v) is 3.77. The Morgan fingerprint density at radius 3 is 2.50 bits per heavy atom. The molecule has 0 radical (unpaired) electrons. The van der Waals surface area contributed by atoms with Crippen LogP contribution in [0.2, 0.25) is 0 Å². The zero-order valence-electron chi connectivity index (χ0n) is 9.91. The van der Waals surface area contributed by atoms with E-state index in [-0.39, 0.29) is 0 Å². The van der Waals surface area contributed by atoms with Crippen LogP contribution in [0.1, 0.15) is 11.1 Å². The highest BCUT2D eigenvalue weighted by atomic mass is 79.9. The van der Waals surface area contributed by atoms with Crippen LogP contribution >= 0.6 is 31.9 Å². The quantitative estimate of drug-likeness (QED) is 0.844. The van der Waals surface area contributed by atoms with E-state index in [0.29, 0.717) is 6.54 Å². The van der Waals surface area contributed by atoms with Crippen molar-refractivity contribution in [1.29, 1.82) is 0 Å². The van der Waals surface area contributed by atoms with Crippen LogP contribution in [0.5, 0.6) is 11.5 Å². The van der Waals surface area contributed by atoms with E-state index in [0.717, 1.165) is 31.6 Å². The summed E-state index contributed by atoms with van der Waals surface area (Å²) in [5.41, 5.74) is 7.92. The number of hydrogen-bond acceptors (Lipinski definition) is 2. The molecule has 0 saturated heterocycles. The van der Waals surface area contributed by atoms with Gasteiger partial charge in [-0.25, -0.2) is 0 Å². The van der Waals surface area contributed by atoms with Crippen molar-refractivity contribution < 1.29 is 4.74 Å². The molecule has 18 heavy (non-hydrogen) atoms. The van der Waals surface area contributed by atoms with Crippen molar-refractivity contribution in [2.24, 2.45) is 5.73 Å². The highest BCUT2D eigenvalue weighted by molar-refractivity contribution is 9.11. The normalized spacial score (nSPS) is 10.4. The van der Waals surface area contributed by atoms with Gasteiger partial charge in [-0.05, 0) is 64.3 Å². The molecule has 2 rings (SSSR count). The maximum absolute atomic E-state index is 5.84. The molecule has 94 valence electrons. The van der Waals surface area contributed by atoms with Gasteiger partial charge in [0.1, 0.15) is 11.5 Å². The van der Waals surface area contributed by atoms with E-state index in [2.05, 4.69) is 31.9 Å². The van der Waals surface area contributed by atoms with Crippen LogP contribution < -0.4 is 10.5 Å². The van der Waals surface area contributed by atoms with Crippen LogP contribution in [0.25, 0.3) is 0 Å². The molecular weight excluding hydrogens is 358 g/mol. The smallest absolute Gasteiger partial charge is 0.141 e. The Balaban J connectivity index is 2.26. The first kappa shape index (κ1) is 13.6. The number of rotatable bonds is 3. The van der Waals surface area contributed by atoms with Gasteiger partial charge in [-0.3, -0.25) is 0 Å². The monoisotopic (exact) mass is 369 g/mol. The Morgan fingerprint density at radius 2 is 1.89 bits per heavy atom. The molecule has 2 aromatic carbocycles. The minimum atomic E-state index is 0.550. The lowest BCUT2D eigenvalue weighted by Gasteiger charge is -2.10. The van der Waals surface area contributed by atoms with Crippen molar-refractivity contribution in [2.75, 3.05) is 0 Å². The van der Waals surface area contributed by atoms with Gasteiger partial charge in [0, 0.05) is 11.0 Å². The summed E-state index contributed by atoms with van der Waals surface area (Å²) in [5, 5.41) is 0. The first-order chi connectivity index (χ1) is 8.60. The lowest BCUT2D eigenvalue weighted by Crippen LogP contribution is -1.99. The van der Waals surface area contributed by atoms with E-state index in [1.54, 1.807) is 0 Å². The van der Waals surface area contributed by atoms with Gasteiger partial charge in [0.15, 0.2) is 0 Å². The van der Waals surface area contributed by atoms with Gasteiger partial charge in [0.25, 0.3) is 0 Å². The first-order valence-electron chi connectivity index (χ1n) is 5.52. The van der Waals surface area contributed by atoms with Gasteiger partial charge in [-0.2, -0.15) is 0 Å². The Bertz CT molecular complexity index is 570. The number of hydrogen-bond donors (Lipinski definition) is 1. The molecule has 0 atom stereocenters. The molecular formula is C14H13Br2NO. The topological polar surface area (TPSA) is 35.2 Å². The molecule has 0 spiro atoms. The van der Waals surface area contributed by atoms with E-state index >= 15 is 0 Å². The zero-order valence-corrected chi connectivity index (χ0v) is 13.1. The summed E-state index contributed by atoms with van der Waals surface area (Å²) in [6.07, 6.45) is 0. The molecule has 0 aliphatic heterocycles. The first-order valence-corrected chi connectivity index (χ1v) is 7.11. The maximum atomic E-state index is 5.84. The second kappa shape index (κ2) is 5.87. The summed E-state index contributed by atoms with van der Waals surface area (Å²) < 4.78 is 7.76. The predicted molar refractivity (Wildman–Crippen MR) is 81.0 cm³/mol. The zero-order chi connectivity index (χ0) is 13.1. The molecule has 0 amide bonds. The molecule has 0 aromatic heterocycles. The SMILES string of the molecule is Cc1cc(Oc2ccc(Br)cc2Br)ccc1CN. The molecule has 0 aliphatic carbocycles. The summed E-state index contributed by atoms with van der Waals surface area (Å²) in [6.45, 7) is 2.58. The summed E-state index contributed by atoms with van der Waals surface area (Å²) in [6, 6.07) is 11.7. The minimum Gasteiger partial charge on any atom is -0.456 e. The Hall–Kier alpha value is -0.840. The number of aryl methyl sites for hydroxylation is 1. The standard InChI is InChI=1S/C14H13Br2NO/c1-9-6-12(4-2-10(9)8-17)18-14-5-3-11(15)7-13(14)16/h2-7H,8,17H2,1H3. The highest BCUT2D eigenvalue weighted by Gasteiger charge is 2.05. The molecule has 2 aromatic rings. The summed E-state index contributed by atoms with van der Waals surface area (Å²) in [7, 11) is 0. The second-order valence-corrected chi connectivity index (χ2v) is 5.74. The lowest BCUT2D eigenvalue weighted by molar-refractivity contribution is 0.479. The van der Waals surface area contributed by atoms with Crippen molar-refractivity contribution >= 4 is 31.9 Å². The van der Waals surface area contributed by atoms with Crippen LogP contribution in [0, 0.1) is 6.92 Å². The van der Waals surface area contributed by atoms with Gasteiger partial charge in [-0.1, -0.05) is 22.0 Å². The predicted octanol–water partition coefficient (Wildman–Crippen LogP) is 4.77. The fourth-order valence-electron chi connectivity index (χ4n) is 1.65. The number of halogens is 2. The van der Waals surface area contributed by atoms with E-state index in [4.69, 9.17) is 10.5 Å². The molecule has 2 N–H and O–H groups in total. The van der Waals surface area contributed by atoms with Gasteiger partial charge < -0.3 is 10.5 Å². The lowest BCUT2D eigenvalue weighted by atomic mass is 10.1. The average Bonchev–Trinajstić information content (AvgIpc) is 2.33. The molecule has 0 heterocycles. The van der Waals surface area contributed by atoms with Crippen LogP contribution in [0.3, 0.4) is 0 Å². The summed E-state index contributed by atoms with van der Waals surface area (Å²) in [4.78, 5) is 0. The molecule has 0 fully saturated rings. The number of benzene rings is 2.